The van der Waals surface area contributed by atoms with Crippen LogP contribution in [0.1, 0.15) is 161 Å². The largest absolute Gasteiger partial charge is 0.221 e. The molecule has 4 aromatic carbocycles. The second-order valence-corrected chi connectivity index (χ2v) is 20.9. The van der Waals surface area contributed by atoms with Crippen LogP contribution in [0.25, 0.3) is 44.1 Å². The van der Waals surface area contributed by atoms with Gasteiger partial charge in [0.05, 0.1) is 16.4 Å². The van der Waals surface area contributed by atoms with Gasteiger partial charge in [-0.1, -0.05) is 130 Å². The van der Waals surface area contributed by atoms with Gasteiger partial charge < -0.3 is 0 Å². The van der Waals surface area contributed by atoms with E-state index in [9.17, 15) is 0 Å². The summed E-state index contributed by atoms with van der Waals surface area (Å²) in [6, 6.07) is 35.7. The van der Waals surface area contributed by atoms with Crippen LogP contribution in [0.4, 0.5) is 0 Å². The van der Waals surface area contributed by atoms with E-state index in [0.29, 0.717) is 0 Å². The van der Waals surface area contributed by atoms with Gasteiger partial charge >= 0.3 is 0 Å². The molecule has 2 heteroatoms. The molecule has 0 saturated carbocycles. The predicted octanol–water partition coefficient (Wildman–Crippen LogP) is 14.5. The summed E-state index contributed by atoms with van der Waals surface area (Å²) in [6.07, 6.45) is 17.9. The Morgan fingerprint density at radius 3 is 2.12 bits per heavy atom. The van der Waals surface area contributed by atoms with Crippen molar-refractivity contribution in [1.82, 2.24) is 0 Å². The second kappa shape index (κ2) is 15.3. The molecule has 3 atom stereocenters. The first-order valence-electron chi connectivity index (χ1n) is 23.3. The van der Waals surface area contributed by atoms with E-state index in [1.807, 2.05) is 0 Å². The molecule has 0 N–H and O–H groups in total. The third-order valence-electron chi connectivity index (χ3n) is 15.9. The zero-order valence-electron chi connectivity index (χ0n) is 38.5. The molecule has 0 amide bonds. The minimum Gasteiger partial charge on any atom is -0.200 e. The molecule has 308 valence electrons. The van der Waals surface area contributed by atoms with Crippen LogP contribution in [-0.2, 0) is 40.7 Å². The smallest absolute Gasteiger partial charge is 0.200 e. The average Bonchev–Trinajstić information content (AvgIpc) is 3.22. The molecule has 3 heterocycles. The number of unbranched alkanes of at least 4 members (excludes halogenated alkanes) is 2. The fourth-order valence-corrected chi connectivity index (χ4v) is 11.8. The normalized spacial score (nSPS) is 22.3. The van der Waals surface area contributed by atoms with Crippen molar-refractivity contribution in [1.29, 1.82) is 0 Å². The maximum Gasteiger partial charge on any atom is 0.221 e. The van der Waals surface area contributed by atoms with E-state index in [4.69, 9.17) is 0 Å². The van der Waals surface area contributed by atoms with Crippen LogP contribution in [-0.4, -0.2) is 0 Å². The number of hydrogen-bond donors (Lipinski definition) is 0. The molecule has 2 aliphatic rings. The molecule has 0 bridgehead atoms. The number of benzene rings is 4. The average molecular weight is 785 g/mol. The standard InChI is InChI=1S/C57H72N2/c1-12-15-20-30-55(9)33-32-54(7,8)49-38-47-42(35-50(49)55)29-34-59-52(47)46-28-27-44(53(4,5)6)37-48(46)56(10,13-2)57(59,14-3)31-21-25-40-22-18-19-26-45(40)51-36-41-23-16-17-24-43(41)39-58(51)11/h16-19,22-24,26-29,34-39H,12-15,20-21,25,30-33H2,1-11H3/q+2. The quantitative estimate of drug-likeness (QED) is 0.0913. The molecule has 0 spiro atoms. The predicted molar refractivity (Wildman–Crippen MR) is 251 cm³/mol. The lowest BCUT2D eigenvalue weighted by Gasteiger charge is -2.49. The summed E-state index contributed by atoms with van der Waals surface area (Å²) in [5.74, 6) is 0. The molecule has 59 heavy (non-hydrogen) atoms. The van der Waals surface area contributed by atoms with Gasteiger partial charge in [-0.2, -0.15) is 4.57 Å². The van der Waals surface area contributed by atoms with Gasteiger partial charge in [0.1, 0.15) is 7.05 Å². The lowest BCUT2D eigenvalue weighted by molar-refractivity contribution is -0.769. The van der Waals surface area contributed by atoms with E-state index in [-0.39, 0.29) is 27.2 Å². The van der Waals surface area contributed by atoms with Gasteiger partial charge in [0.25, 0.3) is 0 Å². The lowest BCUT2D eigenvalue weighted by Crippen LogP contribution is -2.69. The third-order valence-corrected chi connectivity index (χ3v) is 15.9. The Labute approximate surface area is 357 Å². The first-order valence-corrected chi connectivity index (χ1v) is 23.3. The summed E-state index contributed by atoms with van der Waals surface area (Å²) in [5.41, 5.74) is 13.4. The molecule has 0 radical (unpaired) electrons. The maximum absolute atomic E-state index is 2.82. The Hall–Kier alpha value is -4.30. The first-order chi connectivity index (χ1) is 28.1. The van der Waals surface area contributed by atoms with E-state index in [2.05, 4.69) is 189 Å². The molecule has 8 rings (SSSR count). The van der Waals surface area contributed by atoms with Crippen molar-refractivity contribution >= 4 is 21.5 Å². The van der Waals surface area contributed by atoms with Crippen molar-refractivity contribution in [3.05, 3.63) is 131 Å². The highest BCUT2D eigenvalue weighted by molar-refractivity contribution is 5.96. The highest BCUT2D eigenvalue weighted by Crippen LogP contribution is 2.55. The van der Waals surface area contributed by atoms with E-state index >= 15 is 0 Å². The van der Waals surface area contributed by atoms with Crippen LogP contribution < -0.4 is 9.13 Å². The fourth-order valence-electron chi connectivity index (χ4n) is 11.8. The third kappa shape index (κ3) is 6.86. The van der Waals surface area contributed by atoms with Gasteiger partial charge in [-0.05, 0) is 131 Å². The molecule has 0 saturated heterocycles. The molecule has 3 unspecified atom stereocenters. The number of pyridine rings is 2. The van der Waals surface area contributed by atoms with Gasteiger partial charge in [0.15, 0.2) is 17.9 Å². The Morgan fingerprint density at radius 2 is 1.39 bits per heavy atom. The molecule has 1 aliphatic heterocycles. The zero-order chi connectivity index (χ0) is 42.0. The number of nitrogens with zero attached hydrogens (tertiary/aromatic N) is 2. The van der Waals surface area contributed by atoms with Gasteiger partial charge in [-0.15, -0.1) is 0 Å². The first kappa shape index (κ1) is 41.4. The Bertz CT molecular complexity index is 2530. The lowest BCUT2D eigenvalue weighted by atomic mass is 9.57. The summed E-state index contributed by atoms with van der Waals surface area (Å²) in [4.78, 5) is 0. The fraction of sp³-hybridized carbons (Fsp3) is 0.474. The van der Waals surface area contributed by atoms with Crippen molar-refractivity contribution in [2.75, 3.05) is 0 Å². The van der Waals surface area contributed by atoms with Gasteiger partial charge in [0, 0.05) is 35.9 Å². The van der Waals surface area contributed by atoms with Crippen molar-refractivity contribution < 1.29 is 9.13 Å². The van der Waals surface area contributed by atoms with E-state index < -0.39 is 0 Å². The molecule has 0 fully saturated rings. The summed E-state index contributed by atoms with van der Waals surface area (Å²) < 4.78 is 5.13. The number of aryl methyl sites for hydroxylation is 2. The SMILES string of the molecule is CCCCCC1(C)CCC(C)(C)c2cc3c4[n+](ccc3cc21)C(CC)(CCCc1ccccc1-c1cc2ccccc2c[n+]1C)C(C)(CC)c1cc(C(C)(C)C)ccc1-4. The Balaban J connectivity index is 1.29. The molecular weight excluding hydrogens is 713 g/mol. The summed E-state index contributed by atoms with van der Waals surface area (Å²) >= 11 is 0. The van der Waals surface area contributed by atoms with Crippen LogP contribution >= 0.6 is 0 Å². The number of fused-ring (bicyclic) bond motifs is 7. The van der Waals surface area contributed by atoms with Crippen molar-refractivity contribution in [2.24, 2.45) is 7.05 Å². The monoisotopic (exact) mass is 785 g/mol. The van der Waals surface area contributed by atoms with E-state index in [0.717, 1.165) is 32.1 Å². The molecule has 2 nitrogen and oxygen atoms in total. The van der Waals surface area contributed by atoms with E-state index in [1.165, 1.54) is 93.7 Å². The molecule has 2 aromatic heterocycles. The number of rotatable bonds is 11. The Kier molecular flexibility index (Phi) is 10.8. The summed E-state index contributed by atoms with van der Waals surface area (Å²) in [5, 5.41) is 5.41. The van der Waals surface area contributed by atoms with E-state index in [1.54, 1.807) is 16.7 Å². The van der Waals surface area contributed by atoms with Crippen LogP contribution in [0, 0.1) is 0 Å². The van der Waals surface area contributed by atoms with Gasteiger partial charge in [-0.3, -0.25) is 0 Å². The Morgan fingerprint density at radius 1 is 0.644 bits per heavy atom. The van der Waals surface area contributed by atoms with Crippen LogP contribution in [0.5, 0.6) is 0 Å². The zero-order valence-corrected chi connectivity index (χ0v) is 38.5. The molecule has 6 aromatic rings. The highest BCUT2D eigenvalue weighted by Gasteiger charge is 2.59. The maximum atomic E-state index is 2.82. The van der Waals surface area contributed by atoms with Gasteiger partial charge in [-0.25, -0.2) is 4.57 Å². The topological polar surface area (TPSA) is 7.76 Å². The number of aromatic nitrogens is 2. The van der Waals surface area contributed by atoms with Crippen molar-refractivity contribution in [3.8, 4) is 22.5 Å². The molecular formula is C57H72N2+2. The molecule has 1 aliphatic carbocycles. The minimum absolute atomic E-state index is 0.0562. The van der Waals surface area contributed by atoms with Crippen molar-refractivity contribution in [2.45, 2.75) is 167 Å². The highest BCUT2D eigenvalue weighted by atomic mass is 15.1. The summed E-state index contributed by atoms with van der Waals surface area (Å²) in [7, 11) is 2.20. The van der Waals surface area contributed by atoms with Gasteiger partial charge in [0.2, 0.25) is 11.4 Å². The van der Waals surface area contributed by atoms with Crippen LogP contribution in [0.2, 0.25) is 0 Å². The number of hydrogen-bond acceptors (Lipinski definition) is 0. The second-order valence-electron chi connectivity index (χ2n) is 20.9. The van der Waals surface area contributed by atoms with Crippen LogP contribution in [0.15, 0.2) is 103 Å². The van der Waals surface area contributed by atoms with Crippen molar-refractivity contribution in [3.63, 3.8) is 0 Å². The summed E-state index contributed by atoms with van der Waals surface area (Å²) in [6.45, 7) is 24.6. The minimum atomic E-state index is -0.0998. The van der Waals surface area contributed by atoms with Crippen LogP contribution in [0.3, 0.4) is 0 Å².